The first-order valence-corrected chi connectivity index (χ1v) is 17.1. The van der Waals surface area contributed by atoms with E-state index in [-0.39, 0.29) is 32.0 Å². The van der Waals surface area contributed by atoms with Crippen LogP contribution in [-0.2, 0) is 38.2 Å². The first-order valence-electron chi connectivity index (χ1n) is 17.1. The maximum atomic E-state index is 14.5. The molecule has 0 bridgehead atoms. The molecule has 1 aromatic rings. The highest BCUT2D eigenvalue weighted by Gasteiger charge is 2.54. The maximum Gasteiger partial charge on any atom is 0.408 e. The van der Waals surface area contributed by atoms with Crippen LogP contribution in [0.15, 0.2) is 30.3 Å². The van der Waals surface area contributed by atoms with E-state index in [0.717, 1.165) is 12.8 Å². The van der Waals surface area contributed by atoms with E-state index in [1.807, 2.05) is 6.92 Å². The summed E-state index contributed by atoms with van der Waals surface area (Å²) in [4.78, 5) is 86.7. The lowest BCUT2D eigenvalue weighted by Gasteiger charge is -2.35. The first-order chi connectivity index (χ1) is 23.7. The lowest BCUT2D eigenvalue weighted by molar-refractivity contribution is -0.144. The molecule has 0 aromatic heterocycles. The lowest BCUT2D eigenvalue weighted by atomic mass is 9.85. The van der Waals surface area contributed by atoms with Crippen LogP contribution in [0.1, 0.15) is 82.1 Å². The summed E-state index contributed by atoms with van der Waals surface area (Å²) in [5, 5.41) is 8.15. The van der Waals surface area contributed by atoms with Crippen LogP contribution in [0, 0.1) is 5.41 Å². The predicted molar refractivity (Wildman–Crippen MR) is 178 cm³/mol. The third-order valence-electron chi connectivity index (χ3n) is 9.21. The monoisotopic (exact) mass is 697 g/mol. The Balaban J connectivity index is 1.41. The van der Waals surface area contributed by atoms with Gasteiger partial charge in [0.1, 0.15) is 23.8 Å². The number of carbonyl (C=O) groups excluding carboxylic acids is 6. The summed E-state index contributed by atoms with van der Waals surface area (Å²) in [6, 6.07) is 3.27. The number of hydrogen-bond acceptors (Lipinski definition) is 11. The Bertz CT molecular complexity index is 1510. The van der Waals surface area contributed by atoms with Gasteiger partial charge in [-0.05, 0) is 48.4 Å². The van der Waals surface area contributed by atoms with Crippen molar-refractivity contribution in [3.05, 3.63) is 41.5 Å². The van der Waals surface area contributed by atoms with E-state index in [1.165, 1.54) is 12.0 Å². The van der Waals surface area contributed by atoms with E-state index in [1.54, 1.807) is 51.1 Å². The van der Waals surface area contributed by atoms with Crippen LogP contribution in [0.4, 0.5) is 4.79 Å². The van der Waals surface area contributed by atoms with Gasteiger partial charge in [-0.25, -0.2) is 9.59 Å². The highest BCUT2D eigenvalue weighted by atomic mass is 16.7. The van der Waals surface area contributed by atoms with Crippen molar-refractivity contribution in [3.8, 4) is 0 Å². The van der Waals surface area contributed by atoms with Gasteiger partial charge in [0.25, 0.3) is 5.91 Å². The largest absolute Gasteiger partial charge is 0.465 e. The zero-order valence-electron chi connectivity index (χ0n) is 29.2. The lowest BCUT2D eigenvalue weighted by Crippen LogP contribution is -2.59. The molecule has 272 valence electrons. The van der Waals surface area contributed by atoms with Gasteiger partial charge in [0.2, 0.25) is 17.6 Å². The Morgan fingerprint density at radius 2 is 1.78 bits per heavy atom. The number of carbonyl (C=O) groups is 6. The number of nitrogens with one attached hydrogen (secondary N) is 4. The molecule has 3 aliphatic heterocycles. The Hall–Kier alpha value is -4.50. The summed E-state index contributed by atoms with van der Waals surface area (Å²) in [6.45, 7) is 7.85. The van der Waals surface area contributed by atoms with Crippen LogP contribution in [0.5, 0.6) is 0 Å². The number of hydrogen-bond donors (Lipinski definition) is 4. The Morgan fingerprint density at radius 3 is 2.38 bits per heavy atom. The van der Waals surface area contributed by atoms with Gasteiger partial charge in [0.15, 0.2) is 0 Å². The SMILES string of the molecule is CCC[C@H](NC(=O)[C@@H]1C[C@]2(C=C(c3ccc(C(=O)OC)cc3)NO2)CN1C(=O)[C@@H](NC(=O)O[C@H]1CCOC1)C(C)(C)C)C(=O)C(=O)NC1CC1. The maximum absolute atomic E-state index is 14.5. The van der Waals surface area contributed by atoms with E-state index >= 15 is 0 Å². The van der Waals surface area contributed by atoms with Crippen LogP contribution in [-0.4, -0.2) is 103 Å². The van der Waals surface area contributed by atoms with Crippen molar-refractivity contribution < 1.29 is 47.8 Å². The number of ketones is 1. The quantitative estimate of drug-likeness (QED) is 0.184. The number of hydroxylamine groups is 1. The molecule has 1 aliphatic carbocycles. The molecule has 0 radical (unpaired) electrons. The first kappa shape index (κ1) is 36.8. The van der Waals surface area contributed by atoms with Crippen LogP contribution < -0.4 is 21.4 Å². The standard InChI is InChI=1S/C35H47N5O10/c1-6-7-24(27(41)30(43)36-22-12-13-22)37-29(42)26-17-35(16-25(39-50-35)20-8-10-21(11-9-20)32(45)47-5)19-40(26)31(44)28(34(2,3)4)38-33(46)49-23-14-15-48-18-23/h8-11,16,22-24,26,28,39H,6-7,12-15,17-19H2,1-5H3,(H,36,43)(H,37,42)(H,38,46)/t23-,24-,26-,28+,35+/m0/s1. The van der Waals surface area contributed by atoms with Gasteiger partial charge in [-0.1, -0.05) is 46.2 Å². The van der Waals surface area contributed by atoms with Crippen molar-refractivity contribution in [1.29, 1.82) is 0 Å². The average molecular weight is 698 g/mol. The molecule has 4 N–H and O–H groups in total. The fourth-order valence-corrected chi connectivity index (χ4v) is 6.26. The molecule has 5 atom stereocenters. The van der Waals surface area contributed by atoms with Crippen molar-refractivity contribution in [2.75, 3.05) is 26.9 Å². The van der Waals surface area contributed by atoms with E-state index in [0.29, 0.717) is 36.3 Å². The van der Waals surface area contributed by atoms with Crippen LogP contribution in [0.25, 0.3) is 5.70 Å². The number of methoxy groups -OCH3 is 1. The van der Waals surface area contributed by atoms with Gasteiger partial charge in [0.05, 0.1) is 44.2 Å². The van der Waals surface area contributed by atoms with Gasteiger partial charge in [-0.15, -0.1) is 0 Å². The molecule has 1 aromatic carbocycles. The minimum Gasteiger partial charge on any atom is -0.465 e. The second-order valence-corrected chi connectivity index (χ2v) is 14.4. The molecule has 5 rings (SSSR count). The second-order valence-electron chi connectivity index (χ2n) is 14.4. The van der Waals surface area contributed by atoms with Gasteiger partial charge in [-0.2, -0.15) is 0 Å². The Morgan fingerprint density at radius 1 is 1.06 bits per heavy atom. The summed E-state index contributed by atoms with van der Waals surface area (Å²) in [7, 11) is 1.30. The van der Waals surface area contributed by atoms with Gasteiger partial charge >= 0.3 is 12.1 Å². The third-order valence-corrected chi connectivity index (χ3v) is 9.21. The van der Waals surface area contributed by atoms with Crippen molar-refractivity contribution in [3.63, 3.8) is 0 Å². The number of rotatable bonds is 12. The van der Waals surface area contributed by atoms with E-state index in [9.17, 15) is 28.8 Å². The predicted octanol–water partition coefficient (Wildman–Crippen LogP) is 1.75. The van der Waals surface area contributed by atoms with Crippen LogP contribution in [0.2, 0.25) is 0 Å². The highest BCUT2D eigenvalue weighted by molar-refractivity contribution is 6.38. The summed E-state index contributed by atoms with van der Waals surface area (Å²) < 4.78 is 15.6. The molecule has 3 heterocycles. The topological polar surface area (TPSA) is 191 Å². The molecule has 15 heteroatoms. The van der Waals surface area contributed by atoms with Crippen molar-refractivity contribution in [1.82, 2.24) is 26.3 Å². The zero-order valence-corrected chi connectivity index (χ0v) is 29.2. The highest BCUT2D eigenvalue weighted by Crippen LogP contribution is 2.39. The van der Waals surface area contributed by atoms with Crippen molar-refractivity contribution in [2.24, 2.45) is 5.41 Å². The molecule has 3 fully saturated rings. The Kier molecular flexibility index (Phi) is 11.2. The minimum absolute atomic E-state index is 0.00332. The zero-order chi connectivity index (χ0) is 36.2. The molecular weight excluding hydrogens is 650 g/mol. The van der Waals surface area contributed by atoms with Gasteiger partial charge < -0.3 is 35.1 Å². The van der Waals surface area contributed by atoms with Crippen molar-refractivity contribution >= 4 is 41.3 Å². The fourth-order valence-electron chi connectivity index (χ4n) is 6.26. The minimum atomic E-state index is -1.17. The van der Waals surface area contributed by atoms with E-state index in [2.05, 4.69) is 21.4 Å². The van der Waals surface area contributed by atoms with E-state index in [4.69, 9.17) is 19.0 Å². The molecule has 4 amide bonds. The number of nitrogens with zero attached hydrogens (tertiary/aromatic N) is 1. The fraction of sp³-hybridized carbons (Fsp3) is 0.600. The number of likely N-dealkylation sites (tertiary alicyclic amines) is 1. The molecule has 2 saturated heterocycles. The summed E-state index contributed by atoms with van der Waals surface area (Å²) >= 11 is 0. The van der Waals surface area contributed by atoms with Crippen LogP contribution in [0.3, 0.4) is 0 Å². The van der Waals surface area contributed by atoms with Gasteiger partial charge in [0, 0.05) is 18.9 Å². The van der Waals surface area contributed by atoms with Gasteiger partial charge in [-0.3, -0.25) is 29.5 Å². The molecule has 1 saturated carbocycles. The summed E-state index contributed by atoms with van der Waals surface area (Å²) in [6.07, 6.45) is 3.44. The number of Topliss-reactive ketones (excluding diaryl/α,β-unsaturated/α-hetero) is 1. The normalized spacial score (nSPS) is 24.1. The number of ether oxygens (including phenoxy) is 3. The number of amides is 4. The summed E-state index contributed by atoms with van der Waals surface area (Å²) in [5.41, 5.74) is 2.52. The number of alkyl carbamates (subject to hydrolysis) is 1. The van der Waals surface area contributed by atoms with E-state index < -0.39 is 70.8 Å². The van der Waals surface area contributed by atoms with Crippen LogP contribution >= 0.6 is 0 Å². The molecule has 0 unspecified atom stereocenters. The molecular formula is C35H47N5O10. The number of esters is 1. The molecule has 4 aliphatic rings. The number of benzene rings is 1. The molecule has 50 heavy (non-hydrogen) atoms. The molecule has 15 nitrogen and oxygen atoms in total. The average Bonchev–Trinajstić information content (AvgIpc) is 3.43. The molecule has 1 spiro atoms. The second kappa shape index (κ2) is 15.2. The Labute approximate surface area is 291 Å². The third kappa shape index (κ3) is 8.62. The summed E-state index contributed by atoms with van der Waals surface area (Å²) in [5.74, 6) is -3.16. The van der Waals surface area contributed by atoms with Crippen molar-refractivity contribution in [2.45, 2.75) is 102 Å². The smallest absolute Gasteiger partial charge is 0.408 e.